The van der Waals surface area contributed by atoms with Crippen molar-refractivity contribution < 1.29 is 19.0 Å². The van der Waals surface area contributed by atoms with E-state index in [0.29, 0.717) is 31.9 Å². The molecule has 8 nitrogen and oxygen atoms in total. The fourth-order valence-electron chi connectivity index (χ4n) is 5.60. The molecule has 5 rings (SSSR count). The number of piperazine rings is 1. The Morgan fingerprint density at radius 2 is 1.68 bits per heavy atom. The lowest BCUT2D eigenvalue weighted by Crippen LogP contribution is -2.53. The van der Waals surface area contributed by atoms with Crippen molar-refractivity contribution in [3.8, 4) is 5.75 Å². The number of halogens is 1. The van der Waals surface area contributed by atoms with Crippen molar-refractivity contribution in [3.63, 3.8) is 0 Å². The van der Waals surface area contributed by atoms with Gasteiger partial charge in [0.1, 0.15) is 18.0 Å². The first-order valence-electron chi connectivity index (χ1n) is 14.4. The van der Waals surface area contributed by atoms with E-state index in [9.17, 15) is 4.79 Å². The molecule has 2 fully saturated rings. The van der Waals surface area contributed by atoms with E-state index in [1.807, 2.05) is 49.9 Å². The van der Waals surface area contributed by atoms with Gasteiger partial charge in [0.05, 0.1) is 29.2 Å². The Labute approximate surface area is 245 Å². The van der Waals surface area contributed by atoms with Gasteiger partial charge in [-0.3, -0.25) is 9.58 Å². The second-order valence-corrected chi connectivity index (χ2v) is 12.7. The van der Waals surface area contributed by atoms with E-state index >= 15 is 0 Å². The first kappa shape index (κ1) is 28.9. The third-order valence-electron chi connectivity index (χ3n) is 7.70. The second-order valence-electron chi connectivity index (χ2n) is 11.8. The fraction of sp³-hybridized carbons (Fsp3) is 0.548. The molecule has 1 aliphatic carbocycles. The molecule has 0 bridgehead atoms. The van der Waals surface area contributed by atoms with Gasteiger partial charge >= 0.3 is 6.09 Å². The lowest BCUT2D eigenvalue weighted by atomic mass is 9.90. The molecule has 1 saturated carbocycles. The lowest BCUT2D eigenvalue weighted by molar-refractivity contribution is 0.00722. The number of hydrogen-bond donors (Lipinski definition) is 0. The molecule has 1 saturated heterocycles. The average molecular weight is 614 g/mol. The number of aromatic nitrogens is 2. The molecule has 0 radical (unpaired) electrons. The van der Waals surface area contributed by atoms with Crippen LogP contribution in [0, 0.1) is 0 Å². The quantitative estimate of drug-likeness (QED) is 0.273. The molecule has 0 spiro atoms. The van der Waals surface area contributed by atoms with Crippen LogP contribution in [0.25, 0.3) is 10.9 Å². The van der Waals surface area contributed by atoms with Crippen molar-refractivity contribution in [2.45, 2.75) is 70.7 Å². The number of carbonyl (C=O) groups excluding carboxylic acids is 1. The molecule has 1 aliphatic heterocycles. The van der Waals surface area contributed by atoms with Crippen molar-refractivity contribution in [2.24, 2.45) is 0 Å². The number of hydrogen-bond acceptors (Lipinski definition) is 6. The van der Waals surface area contributed by atoms with Gasteiger partial charge in [0.2, 0.25) is 0 Å². The predicted molar refractivity (Wildman–Crippen MR) is 160 cm³/mol. The van der Waals surface area contributed by atoms with Crippen LogP contribution in [0.4, 0.5) is 4.79 Å². The monoisotopic (exact) mass is 612 g/mol. The zero-order valence-electron chi connectivity index (χ0n) is 23.9. The third-order valence-corrected chi connectivity index (χ3v) is 8.31. The highest BCUT2D eigenvalue weighted by atomic mass is 79.9. The highest BCUT2D eigenvalue weighted by Crippen LogP contribution is 2.34. The normalized spacial score (nSPS) is 20.6. The summed E-state index contributed by atoms with van der Waals surface area (Å²) in [6.07, 6.45) is 6.47. The topological polar surface area (TPSA) is 69.1 Å². The van der Waals surface area contributed by atoms with E-state index in [0.717, 1.165) is 78.6 Å². The largest absolute Gasteiger partial charge is 0.490 e. The predicted octanol–water partition coefficient (Wildman–Crippen LogP) is 6.43. The fourth-order valence-corrected chi connectivity index (χ4v) is 6.08. The number of carbonyl (C=O) groups is 1. The number of amides is 1. The van der Waals surface area contributed by atoms with Gasteiger partial charge in [0, 0.05) is 49.9 Å². The zero-order chi connectivity index (χ0) is 28.1. The summed E-state index contributed by atoms with van der Waals surface area (Å²) in [5.74, 6) is 0.787. The Morgan fingerprint density at radius 3 is 2.38 bits per heavy atom. The van der Waals surface area contributed by atoms with Crippen LogP contribution in [-0.2, 0) is 16.1 Å². The molecule has 0 unspecified atom stereocenters. The van der Waals surface area contributed by atoms with E-state index in [-0.39, 0.29) is 6.09 Å². The van der Waals surface area contributed by atoms with E-state index < -0.39 is 5.60 Å². The van der Waals surface area contributed by atoms with Gasteiger partial charge in [0.25, 0.3) is 0 Å². The highest BCUT2D eigenvalue weighted by molar-refractivity contribution is 9.10. The van der Waals surface area contributed by atoms with Gasteiger partial charge in [-0.25, -0.2) is 4.79 Å². The summed E-state index contributed by atoms with van der Waals surface area (Å²) in [6, 6.07) is 15.2. The second kappa shape index (κ2) is 12.9. The van der Waals surface area contributed by atoms with Crippen molar-refractivity contribution in [3.05, 3.63) is 58.7 Å². The minimum Gasteiger partial charge on any atom is -0.490 e. The van der Waals surface area contributed by atoms with Crippen LogP contribution < -0.4 is 4.74 Å². The van der Waals surface area contributed by atoms with Crippen LogP contribution in [0.15, 0.2) is 53.1 Å². The van der Waals surface area contributed by atoms with Crippen molar-refractivity contribution in [1.29, 1.82) is 0 Å². The Hall–Kier alpha value is -2.62. The summed E-state index contributed by atoms with van der Waals surface area (Å²) in [6.45, 7) is 10.6. The SMILES string of the molecule is CC(C)(C)OC(=O)N1CCN(C2CCC(n3cc4cc(Br)c(OCCOCc5ccccc5)cc4n3)CC2)CC1. The molecule has 2 aromatic carbocycles. The minimum atomic E-state index is -0.452. The summed E-state index contributed by atoms with van der Waals surface area (Å²) in [7, 11) is 0. The molecule has 9 heteroatoms. The van der Waals surface area contributed by atoms with Crippen LogP contribution in [-0.4, -0.2) is 76.7 Å². The van der Waals surface area contributed by atoms with Gasteiger partial charge in [-0.05, 0) is 74.0 Å². The van der Waals surface area contributed by atoms with E-state index in [4.69, 9.17) is 19.3 Å². The zero-order valence-corrected chi connectivity index (χ0v) is 25.4. The standard InChI is InChI=1S/C31H41BrN4O4/c1-31(2,3)40-30(37)35-15-13-34(14-16-35)25-9-11-26(12-10-25)36-21-24-19-27(32)29(20-28(24)33-36)39-18-17-38-22-23-7-5-4-6-8-23/h4-8,19-21,25-26H,9-18,22H2,1-3H3. The van der Waals surface area contributed by atoms with Gasteiger partial charge < -0.3 is 19.1 Å². The van der Waals surface area contributed by atoms with Crippen LogP contribution in [0.3, 0.4) is 0 Å². The van der Waals surface area contributed by atoms with E-state index in [1.165, 1.54) is 0 Å². The summed E-state index contributed by atoms with van der Waals surface area (Å²) < 4.78 is 20.4. The Morgan fingerprint density at radius 1 is 0.975 bits per heavy atom. The molecule has 2 heterocycles. The Bertz CT molecular complexity index is 1260. The number of nitrogens with zero attached hydrogens (tertiary/aromatic N) is 4. The summed E-state index contributed by atoms with van der Waals surface area (Å²) >= 11 is 3.67. The van der Waals surface area contributed by atoms with Gasteiger partial charge in [-0.15, -0.1) is 0 Å². The van der Waals surface area contributed by atoms with E-state index in [2.05, 4.69) is 49.9 Å². The lowest BCUT2D eigenvalue weighted by Gasteiger charge is -2.42. The van der Waals surface area contributed by atoms with E-state index in [1.54, 1.807) is 0 Å². The number of rotatable bonds is 8. The molecule has 216 valence electrons. The molecule has 0 N–H and O–H groups in total. The summed E-state index contributed by atoms with van der Waals surface area (Å²) in [4.78, 5) is 16.8. The maximum absolute atomic E-state index is 12.4. The highest BCUT2D eigenvalue weighted by Gasteiger charge is 2.31. The van der Waals surface area contributed by atoms with Crippen LogP contribution in [0.5, 0.6) is 5.75 Å². The van der Waals surface area contributed by atoms with Crippen molar-refractivity contribution >= 4 is 32.9 Å². The molecule has 0 atom stereocenters. The van der Waals surface area contributed by atoms with Gasteiger partial charge in [-0.1, -0.05) is 30.3 Å². The van der Waals surface area contributed by atoms with Gasteiger partial charge in [-0.2, -0.15) is 5.10 Å². The number of benzene rings is 2. The Kier molecular flexibility index (Phi) is 9.33. The molecule has 1 amide bonds. The molecule has 40 heavy (non-hydrogen) atoms. The molecule has 1 aromatic heterocycles. The van der Waals surface area contributed by atoms with Crippen LogP contribution in [0.2, 0.25) is 0 Å². The molecule has 3 aromatic rings. The van der Waals surface area contributed by atoms with Crippen LogP contribution in [0.1, 0.15) is 58.1 Å². The maximum atomic E-state index is 12.4. The first-order chi connectivity index (χ1) is 19.2. The summed E-state index contributed by atoms with van der Waals surface area (Å²) in [5, 5.41) is 6.04. The smallest absolute Gasteiger partial charge is 0.410 e. The molecular weight excluding hydrogens is 572 g/mol. The molecular formula is C31H41BrN4O4. The van der Waals surface area contributed by atoms with Crippen LogP contribution >= 0.6 is 15.9 Å². The van der Waals surface area contributed by atoms with Gasteiger partial charge in [0.15, 0.2) is 0 Å². The summed E-state index contributed by atoms with van der Waals surface area (Å²) in [5.41, 5.74) is 1.65. The first-order valence-corrected chi connectivity index (χ1v) is 15.2. The number of fused-ring (bicyclic) bond motifs is 1. The minimum absolute atomic E-state index is 0.196. The number of ether oxygens (including phenoxy) is 3. The molecule has 2 aliphatic rings. The Balaban J connectivity index is 1.08. The average Bonchev–Trinajstić information content (AvgIpc) is 3.35. The maximum Gasteiger partial charge on any atom is 0.410 e. The van der Waals surface area contributed by atoms with Crippen molar-refractivity contribution in [2.75, 3.05) is 39.4 Å². The van der Waals surface area contributed by atoms with Crippen molar-refractivity contribution in [1.82, 2.24) is 19.6 Å². The third kappa shape index (κ3) is 7.56.